The molecule has 0 radical (unpaired) electrons. The minimum atomic E-state index is -0.494. The van der Waals surface area contributed by atoms with Gasteiger partial charge in [-0.3, -0.25) is 9.59 Å². The Morgan fingerprint density at radius 3 is 1.02 bits per heavy atom. The number of ketones is 2. The average Bonchev–Trinajstić information content (AvgIpc) is 3.09. The van der Waals surface area contributed by atoms with E-state index in [1.807, 2.05) is 113 Å². The van der Waals surface area contributed by atoms with Crippen molar-refractivity contribution in [1.82, 2.24) is 4.98 Å². The van der Waals surface area contributed by atoms with Crippen LogP contribution in [-0.4, -0.2) is 16.6 Å². The van der Waals surface area contributed by atoms with Crippen LogP contribution in [0.2, 0.25) is 0 Å². The number of aromatic nitrogens is 1. The smallest absolute Gasteiger partial charge is 0.186 e. The Balaban J connectivity index is 1.85. The number of hydrogen-bond donors (Lipinski definition) is 0. The van der Waals surface area contributed by atoms with E-state index in [0.29, 0.717) is 67.6 Å². The van der Waals surface area contributed by atoms with Gasteiger partial charge in [0.25, 0.3) is 0 Å². The lowest BCUT2D eigenvalue weighted by atomic mass is 9.71. The van der Waals surface area contributed by atoms with Gasteiger partial charge in [0.1, 0.15) is 23.0 Å². The van der Waals surface area contributed by atoms with Crippen molar-refractivity contribution in [2.75, 3.05) is 0 Å². The summed E-state index contributed by atoms with van der Waals surface area (Å²) in [5, 5.41) is 18.5. The van der Waals surface area contributed by atoms with Crippen LogP contribution < -0.4 is 0 Å². The number of halogens is 2. The predicted octanol–water partition coefficient (Wildman–Crippen LogP) is 13.4. The molecule has 1 heterocycles. The van der Waals surface area contributed by atoms with Crippen molar-refractivity contribution in [2.24, 2.45) is 42.1 Å². The number of pyridine rings is 1. The van der Waals surface area contributed by atoms with Crippen LogP contribution in [-0.2, 0) is 9.59 Å². The molecule has 2 aliphatic rings. The van der Waals surface area contributed by atoms with Crippen LogP contribution in [0.5, 0.6) is 0 Å². The molecule has 2 aromatic carbocycles. The average molecular weight is 756 g/mol. The van der Waals surface area contributed by atoms with Gasteiger partial charge < -0.3 is 0 Å². The number of Topliss-reactive ketones (excluding diaryl/α,β-unsaturated/α-hetero) is 2. The van der Waals surface area contributed by atoms with Crippen molar-refractivity contribution >= 4 is 34.3 Å². The molecule has 2 aliphatic carbocycles. The zero-order valence-corrected chi connectivity index (χ0v) is 34.5. The Morgan fingerprint density at radius 1 is 0.464 bits per heavy atom. The van der Waals surface area contributed by atoms with E-state index >= 15 is 0 Å². The number of hydrogen-bond acceptors (Lipinski definition) is 7. The van der Waals surface area contributed by atoms with Crippen molar-refractivity contribution in [2.45, 2.75) is 83.1 Å². The molecule has 0 N–H and O–H groups in total. The molecule has 0 spiro atoms. The summed E-state index contributed by atoms with van der Waals surface area (Å²) in [6, 6.07) is 16.8. The third-order valence-corrected chi connectivity index (χ3v) is 9.38. The number of benzene rings is 2. The van der Waals surface area contributed by atoms with Crippen LogP contribution in [0.15, 0.2) is 145 Å². The predicted molar refractivity (Wildman–Crippen MR) is 220 cm³/mol. The maximum absolute atomic E-state index is 13.9. The summed E-state index contributed by atoms with van der Waals surface area (Å²) in [7, 11) is 0. The molecule has 56 heavy (non-hydrogen) atoms. The van der Waals surface area contributed by atoms with E-state index in [9.17, 15) is 18.4 Å². The van der Waals surface area contributed by atoms with Gasteiger partial charge in [-0.25, -0.2) is 13.8 Å². The van der Waals surface area contributed by atoms with Gasteiger partial charge in [-0.1, -0.05) is 89.2 Å². The summed E-state index contributed by atoms with van der Waals surface area (Å²) in [5.41, 5.74) is 4.22. The van der Waals surface area contributed by atoms with Crippen molar-refractivity contribution in [3.8, 4) is 0 Å². The monoisotopic (exact) mass is 755 g/mol. The van der Waals surface area contributed by atoms with Crippen molar-refractivity contribution in [3.63, 3.8) is 0 Å². The first-order chi connectivity index (χ1) is 25.9. The number of azo groups is 2. The molecule has 0 aliphatic heterocycles. The minimum absolute atomic E-state index is 0.0340. The quantitative estimate of drug-likeness (QED) is 0.234. The summed E-state index contributed by atoms with van der Waals surface area (Å²) >= 11 is 0. The Labute approximate surface area is 329 Å². The number of nitrogens with zero attached hydrogens (tertiary/aromatic N) is 5. The summed E-state index contributed by atoms with van der Waals surface area (Å²) < 4.78 is 27.7. The van der Waals surface area contributed by atoms with Gasteiger partial charge in [-0.05, 0) is 107 Å². The maximum atomic E-state index is 13.9. The summed E-state index contributed by atoms with van der Waals surface area (Å²) in [4.78, 5) is 33.0. The Kier molecular flexibility index (Phi) is 11.5. The zero-order valence-electron chi connectivity index (χ0n) is 34.5. The second-order valence-electron chi connectivity index (χ2n) is 18.3. The molecule has 3 aromatic rings. The lowest BCUT2D eigenvalue weighted by Gasteiger charge is -2.31. The van der Waals surface area contributed by atoms with Gasteiger partial charge >= 0.3 is 0 Å². The zero-order chi connectivity index (χ0) is 41.4. The fourth-order valence-electron chi connectivity index (χ4n) is 6.20. The van der Waals surface area contributed by atoms with Crippen LogP contribution in [0.25, 0.3) is 11.4 Å². The first kappa shape index (κ1) is 41.6. The summed E-state index contributed by atoms with van der Waals surface area (Å²) in [5.74, 6) is -0.864. The van der Waals surface area contributed by atoms with Crippen LogP contribution in [0.4, 0.5) is 20.2 Å². The maximum Gasteiger partial charge on any atom is 0.186 e. The Morgan fingerprint density at radius 2 is 0.750 bits per heavy atom. The molecule has 1 aromatic heterocycles. The molecule has 0 atom stereocenters. The molecular weight excluding hydrogens is 705 g/mol. The van der Waals surface area contributed by atoms with E-state index in [-0.39, 0.29) is 11.6 Å². The summed E-state index contributed by atoms with van der Waals surface area (Å²) in [6.07, 6.45) is 7.40. The second kappa shape index (κ2) is 15.5. The van der Waals surface area contributed by atoms with Crippen LogP contribution in [0, 0.1) is 33.3 Å². The number of allylic oxidation sites excluding steroid dienone is 10. The van der Waals surface area contributed by atoms with Gasteiger partial charge in [-0.15, -0.1) is 10.2 Å². The SMILES string of the molecule is CC(C)(C)C1=CC(=C(N=Nc2ccc(F)cc2)c2cccc(C(N=Nc3ccc(F)cc3)=C3C=C(C(C)(C)C)C(=O)C(C(C)(C)C)=C3)n2)C=C(C(C)(C)C)C1=O. The first-order valence-corrected chi connectivity index (χ1v) is 18.7. The Bertz CT molecular complexity index is 2070. The van der Waals surface area contributed by atoms with E-state index in [1.54, 1.807) is 12.1 Å². The van der Waals surface area contributed by atoms with E-state index < -0.39 is 33.3 Å². The van der Waals surface area contributed by atoms with Crippen LogP contribution >= 0.6 is 0 Å². The molecule has 0 bridgehead atoms. The molecule has 9 heteroatoms. The standard InChI is InChI=1S/C47H51F2N5O2/c1-44(2,3)34-24-28(25-35(42(34)55)45(4,5)6)40(53-51-32-20-16-30(48)17-21-32)38-14-13-15-39(50-38)41(54-52-33-22-18-31(49)19-23-33)29-26-36(46(7,8)9)43(56)37(27-29)47(10,11)12/h13-27H,1-12H3. The summed E-state index contributed by atoms with van der Waals surface area (Å²) in [6.45, 7) is 24.0. The third kappa shape index (κ3) is 9.62. The van der Waals surface area contributed by atoms with Gasteiger partial charge in [0.15, 0.2) is 11.6 Å². The lowest BCUT2D eigenvalue weighted by molar-refractivity contribution is -0.114. The van der Waals surface area contributed by atoms with E-state index in [2.05, 4.69) is 10.2 Å². The third-order valence-electron chi connectivity index (χ3n) is 9.38. The molecule has 0 amide bonds. The fraction of sp³-hybridized carbons (Fsp3) is 0.340. The highest BCUT2D eigenvalue weighted by atomic mass is 19.1. The van der Waals surface area contributed by atoms with Gasteiger partial charge in [0.2, 0.25) is 0 Å². The van der Waals surface area contributed by atoms with Crippen molar-refractivity contribution < 1.29 is 18.4 Å². The normalized spacial score (nSPS) is 16.0. The van der Waals surface area contributed by atoms with Gasteiger partial charge in [0.05, 0.1) is 22.8 Å². The fourth-order valence-corrected chi connectivity index (χ4v) is 6.20. The van der Waals surface area contributed by atoms with E-state index in [0.717, 1.165) is 0 Å². The van der Waals surface area contributed by atoms with Crippen molar-refractivity contribution in [1.29, 1.82) is 0 Å². The Hall–Kier alpha value is -5.57. The molecule has 0 fully saturated rings. The number of carbonyl (C=O) groups is 2. The van der Waals surface area contributed by atoms with Gasteiger partial charge in [0, 0.05) is 33.4 Å². The number of carbonyl (C=O) groups excluding carboxylic acids is 2. The molecule has 5 rings (SSSR count). The minimum Gasteiger partial charge on any atom is -0.289 e. The molecule has 0 saturated carbocycles. The van der Waals surface area contributed by atoms with E-state index in [4.69, 9.17) is 15.2 Å². The first-order valence-electron chi connectivity index (χ1n) is 18.7. The van der Waals surface area contributed by atoms with Crippen LogP contribution in [0.3, 0.4) is 0 Å². The molecule has 0 saturated heterocycles. The topological polar surface area (TPSA) is 96.5 Å². The molecule has 7 nitrogen and oxygen atoms in total. The highest BCUT2D eigenvalue weighted by Gasteiger charge is 2.36. The largest absolute Gasteiger partial charge is 0.289 e. The van der Waals surface area contributed by atoms with Crippen LogP contribution in [0.1, 0.15) is 94.5 Å². The second-order valence-corrected chi connectivity index (χ2v) is 18.3. The highest BCUT2D eigenvalue weighted by molar-refractivity contribution is 6.13. The van der Waals surface area contributed by atoms with Gasteiger partial charge in [-0.2, -0.15) is 10.2 Å². The molecule has 290 valence electrons. The molecular formula is C47H51F2N5O2. The highest BCUT2D eigenvalue weighted by Crippen LogP contribution is 2.43. The molecule has 0 unspecified atom stereocenters. The lowest BCUT2D eigenvalue weighted by Crippen LogP contribution is -2.28. The van der Waals surface area contributed by atoms with Crippen molar-refractivity contribution in [3.05, 3.63) is 147 Å². The van der Waals surface area contributed by atoms with E-state index in [1.165, 1.54) is 48.5 Å². The number of rotatable bonds is 6.